The standard InChI is InChI=1S/C19H17ClN2O4S/c1-27(25,26)19(22(23)24)16(11-8-13-6-9-14(20)10-7-13)17-12-21-18-5-3-2-4-15(17)18/h2-12,16,19,21H,1H3/b11-8+. The van der Waals surface area contributed by atoms with E-state index in [-0.39, 0.29) is 0 Å². The molecule has 0 fully saturated rings. The molecule has 1 aromatic heterocycles. The number of nitrogens with zero attached hydrogens (tertiary/aromatic N) is 1. The molecule has 2 atom stereocenters. The molecule has 0 radical (unpaired) electrons. The Hall–Kier alpha value is -2.64. The second-order valence-electron chi connectivity index (χ2n) is 6.23. The van der Waals surface area contributed by atoms with Gasteiger partial charge < -0.3 is 4.98 Å². The molecule has 27 heavy (non-hydrogen) atoms. The highest BCUT2D eigenvalue weighted by atomic mass is 35.5. The lowest BCUT2D eigenvalue weighted by molar-refractivity contribution is -0.499. The van der Waals surface area contributed by atoms with Crippen molar-refractivity contribution in [1.29, 1.82) is 0 Å². The Labute approximate surface area is 161 Å². The average molecular weight is 405 g/mol. The number of nitrogens with one attached hydrogen (secondary N) is 1. The lowest BCUT2D eigenvalue weighted by Crippen LogP contribution is -2.34. The van der Waals surface area contributed by atoms with E-state index >= 15 is 0 Å². The first-order valence-electron chi connectivity index (χ1n) is 8.09. The van der Waals surface area contributed by atoms with Gasteiger partial charge >= 0.3 is 5.37 Å². The highest BCUT2D eigenvalue weighted by Crippen LogP contribution is 2.33. The Balaban J connectivity index is 2.14. The monoisotopic (exact) mass is 404 g/mol. The van der Waals surface area contributed by atoms with Gasteiger partial charge in [0.1, 0.15) is 0 Å². The van der Waals surface area contributed by atoms with Gasteiger partial charge in [0.2, 0.25) is 9.84 Å². The number of benzene rings is 2. The van der Waals surface area contributed by atoms with Crippen LogP contribution in [0.15, 0.2) is 60.8 Å². The largest absolute Gasteiger partial charge is 0.361 e. The van der Waals surface area contributed by atoms with E-state index in [0.29, 0.717) is 10.6 Å². The molecule has 3 aromatic rings. The van der Waals surface area contributed by atoms with Crippen LogP contribution in [0, 0.1) is 10.1 Å². The summed E-state index contributed by atoms with van der Waals surface area (Å²) in [6, 6.07) is 14.2. The lowest BCUT2D eigenvalue weighted by atomic mass is 9.97. The van der Waals surface area contributed by atoms with Crippen molar-refractivity contribution in [1.82, 2.24) is 4.98 Å². The van der Waals surface area contributed by atoms with Crippen molar-refractivity contribution in [2.24, 2.45) is 0 Å². The molecule has 0 saturated heterocycles. The molecule has 1 N–H and O–H groups in total. The molecule has 0 amide bonds. The van der Waals surface area contributed by atoms with Crippen LogP contribution in [-0.4, -0.2) is 30.0 Å². The van der Waals surface area contributed by atoms with Crippen LogP contribution < -0.4 is 0 Å². The first-order valence-corrected chi connectivity index (χ1v) is 10.4. The van der Waals surface area contributed by atoms with Gasteiger partial charge in [0, 0.05) is 33.3 Å². The third-order valence-electron chi connectivity index (χ3n) is 4.30. The van der Waals surface area contributed by atoms with E-state index in [2.05, 4.69) is 4.98 Å². The summed E-state index contributed by atoms with van der Waals surface area (Å²) in [6.07, 6.45) is 5.75. The molecule has 0 aliphatic rings. The summed E-state index contributed by atoms with van der Waals surface area (Å²) in [4.78, 5) is 13.9. The van der Waals surface area contributed by atoms with Gasteiger partial charge in [0.15, 0.2) is 0 Å². The van der Waals surface area contributed by atoms with Crippen molar-refractivity contribution in [3.63, 3.8) is 0 Å². The summed E-state index contributed by atoms with van der Waals surface area (Å²) >= 11 is 5.88. The van der Waals surface area contributed by atoms with E-state index in [0.717, 1.165) is 22.7 Å². The first kappa shape index (κ1) is 19.1. The quantitative estimate of drug-likeness (QED) is 0.490. The molecule has 2 unspecified atom stereocenters. The molecule has 0 spiro atoms. The maximum absolute atomic E-state index is 12.2. The molecule has 1 heterocycles. The molecule has 140 valence electrons. The van der Waals surface area contributed by atoms with Gasteiger partial charge in [0.25, 0.3) is 0 Å². The predicted molar refractivity (Wildman–Crippen MR) is 107 cm³/mol. The fraction of sp³-hybridized carbons (Fsp3) is 0.158. The van der Waals surface area contributed by atoms with E-state index in [1.54, 1.807) is 48.7 Å². The minimum Gasteiger partial charge on any atom is -0.361 e. The lowest BCUT2D eigenvalue weighted by Gasteiger charge is -2.16. The van der Waals surface area contributed by atoms with Crippen LogP contribution in [0.2, 0.25) is 5.02 Å². The SMILES string of the molecule is CS(=O)(=O)C(C(/C=C/c1ccc(Cl)cc1)c1c[nH]c2ccccc12)[N+](=O)[O-]. The number of rotatable bonds is 6. The van der Waals surface area contributed by atoms with Gasteiger partial charge in [-0.3, -0.25) is 10.1 Å². The van der Waals surface area contributed by atoms with Crippen molar-refractivity contribution in [2.75, 3.05) is 6.26 Å². The minimum atomic E-state index is -3.95. The van der Waals surface area contributed by atoms with Gasteiger partial charge in [-0.15, -0.1) is 0 Å². The summed E-state index contributed by atoms with van der Waals surface area (Å²) in [7, 11) is -3.95. The second kappa shape index (κ2) is 7.54. The van der Waals surface area contributed by atoms with Crippen LogP contribution in [-0.2, 0) is 9.84 Å². The molecule has 0 aliphatic carbocycles. The fourth-order valence-electron chi connectivity index (χ4n) is 3.06. The van der Waals surface area contributed by atoms with Gasteiger partial charge in [-0.1, -0.05) is 54.1 Å². The number of para-hydroxylation sites is 1. The number of hydrogen-bond acceptors (Lipinski definition) is 4. The Morgan fingerprint density at radius 1 is 1.15 bits per heavy atom. The highest BCUT2D eigenvalue weighted by molar-refractivity contribution is 7.91. The molecule has 3 rings (SSSR count). The Morgan fingerprint density at radius 2 is 1.81 bits per heavy atom. The third kappa shape index (κ3) is 4.20. The van der Waals surface area contributed by atoms with E-state index in [4.69, 9.17) is 11.6 Å². The smallest absolute Gasteiger partial charge is 0.320 e. The first-order chi connectivity index (χ1) is 12.8. The average Bonchev–Trinajstić information content (AvgIpc) is 3.02. The zero-order valence-corrected chi connectivity index (χ0v) is 15.9. The van der Waals surface area contributed by atoms with Crippen molar-refractivity contribution >= 4 is 38.4 Å². The summed E-state index contributed by atoms with van der Waals surface area (Å²) in [5.74, 6) is -0.957. The van der Waals surface area contributed by atoms with Gasteiger partial charge in [-0.05, 0) is 29.3 Å². The molecule has 8 heteroatoms. The molecular formula is C19H17ClN2O4S. The Bertz CT molecular complexity index is 1100. The zero-order valence-electron chi connectivity index (χ0n) is 14.4. The Morgan fingerprint density at radius 3 is 2.44 bits per heavy atom. The maximum atomic E-state index is 12.2. The summed E-state index contributed by atoms with van der Waals surface area (Å²) in [5, 5.41) is 11.2. The van der Waals surface area contributed by atoms with Crippen LogP contribution >= 0.6 is 11.6 Å². The fourth-order valence-corrected chi connectivity index (χ4v) is 4.27. The van der Waals surface area contributed by atoms with Crippen molar-refractivity contribution in [3.05, 3.63) is 87.1 Å². The number of hydrogen-bond donors (Lipinski definition) is 1. The van der Waals surface area contributed by atoms with Crippen molar-refractivity contribution in [3.8, 4) is 0 Å². The number of aromatic nitrogens is 1. The molecule has 2 aromatic carbocycles. The zero-order chi connectivity index (χ0) is 19.6. The molecule has 0 aliphatic heterocycles. The molecule has 6 nitrogen and oxygen atoms in total. The minimum absolute atomic E-state index is 0.558. The molecular weight excluding hydrogens is 388 g/mol. The second-order valence-corrected chi connectivity index (χ2v) is 8.81. The van der Waals surface area contributed by atoms with E-state index in [1.165, 1.54) is 0 Å². The van der Waals surface area contributed by atoms with Crippen LogP contribution in [0.3, 0.4) is 0 Å². The summed E-state index contributed by atoms with van der Waals surface area (Å²) < 4.78 is 24.4. The van der Waals surface area contributed by atoms with Gasteiger partial charge in [0.05, 0.1) is 5.92 Å². The van der Waals surface area contributed by atoms with Crippen LogP contribution in [0.5, 0.6) is 0 Å². The summed E-state index contributed by atoms with van der Waals surface area (Å²) in [5.41, 5.74) is 2.11. The van der Waals surface area contributed by atoms with Gasteiger partial charge in [-0.25, -0.2) is 8.42 Å². The van der Waals surface area contributed by atoms with E-state index in [9.17, 15) is 18.5 Å². The topological polar surface area (TPSA) is 93.1 Å². The number of aromatic amines is 1. The Kier molecular flexibility index (Phi) is 5.34. The van der Waals surface area contributed by atoms with E-state index < -0.39 is 26.1 Å². The van der Waals surface area contributed by atoms with Crippen LogP contribution in [0.1, 0.15) is 17.0 Å². The van der Waals surface area contributed by atoms with Crippen molar-refractivity contribution < 1.29 is 13.3 Å². The van der Waals surface area contributed by atoms with Crippen LogP contribution in [0.4, 0.5) is 0 Å². The molecule has 0 saturated carbocycles. The third-order valence-corrected chi connectivity index (χ3v) is 5.89. The number of sulfone groups is 1. The number of halogens is 1. The number of fused-ring (bicyclic) bond motifs is 1. The molecule has 0 bridgehead atoms. The van der Waals surface area contributed by atoms with Crippen molar-refractivity contribution in [2.45, 2.75) is 11.3 Å². The predicted octanol–water partition coefficient (Wildman–Crippen LogP) is 4.27. The number of H-pyrrole nitrogens is 1. The van der Waals surface area contributed by atoms with Gasteiger partial charge in [-0.2, -0.15) is 0 Å². The number of nitro groups is 1. The normalized spacial score (nSPS) is 14.4. The maximum Gasteiger partial charge on any atom is 0.320 e. The highest BCUT2D eigenvalue weighted by Gasteiger charge is 2.41. The summed E-state index contributed by atoms with van der Waals surface area (Å²) in [6.45, 7) is 0. The van der Waals surface area contributed by atoms with Crippen LogP contribution in [0.25, 0.3) is 17.0 Å². The van der Waals surface area contributed by atoms with E-state index in [1.807, 2.05) is 18.2 Å².